The molecule has 0 N–H and O–H groups in total. The van der Waals surface area contributed by atoms with Crippen LogP contribution in [0.25, 0.3) is 0 Å². The number of nitrogens with zero attached hydrogens (tertiary/aromatic N) is 1. The Balaban J connectivity index is 2.29. The van der Waals surface area contributed by atoms with E-state index in [1.54, 1.807) is 0 Å². The summed E-state index contributed by atoms with van der Waals surface area (Å²) in [5.74, 6) is -0.323. The number of esters is 1. The van der Waals surface area contributed by atoms with Gasteiger partial charge in [0, 0.05) is 19.5 Å². The lowest BCUT2D eigenvalue weighted by Crippen LogP contribution is -2.46. The molecule has 2 aliphatic rings. The summed E-state index contributed by atoms with van der Waals surface area (Å²) in [5, 5.41) is 0. The van der Waals surface area contributed by atoms with Gasteiger partial charge in [-0.3, -0.25) is 9.69 Å². The largest absolute Gasteiger partial charge is 0.468 e. The highest BCUT2D eigenvalue weighted by Gasteiger charge is 2.55. The van der Waals surface area contributed by atoms with Crippen LogP contribution in [0.1, 0.15) is 12.8 Å². The number of hydrogen-bond donors (Lipinski definition) is 0. The van der Waals surface area contributed by atoms with E-state index in [1.165, 1.54) is 7.11 Å². The third kappa shape index (κ3) is 1.17. The molecule has 0 aromatic heterocycles. The summed E-state index contributed by atoms with van der Waals surface area (Å²) < 4.78 is 18.0. The zero-order chi connectivity index (χ0) is 10.3. The fraction of sp³-hybridized carbons (Fsp3) is 0.700. The summed E-state index contributed by atoms with van der Waals surface area (Å²) in [7, 11) is 1.35. The van der Waals surface area contributed by atoms with E-state index in [-0.39, 0.29) is 12.4 Å². The second-order valence-corrected chi connectivity index (χ2v) is 4.13. The Morgan fingerprint density at radius 2 is 2.50 bits per heavy atom. The Kier molecular flexibility index (Phi) is 2.10. The summed E-state index contributed by atoms with van der Waals surface area (Å²) in [6.45, 7) is 4.80. The van der Waals surface area contributed by atoms with Gasteiger partial charge < -0.3 is 4.74 Å². The first-order valence-electron chi connectivity index (χ1n) is 4.73. The van der Waals surface area contributed by atoms with Crippen molar-refractivity contribution in [2.24, 2.45) is 0 Å². The van der Waals surface area contributed by atoms with Gasteiger partial charge in [-0.15, -0.1) is 0 Å². The lowest BCUT2D eigenvalue weighted by atomic mass is 9.92. The maximum Gasteiger partial charge on any atom is 0.326 e. The van der Waals surface area contributed by atoms with E-state index in [4.69, 9.17) is 4.74 Å². The average Bonchev–Trinajstić information content (AvgIpc) is 2.55. The van der Waals surface area contributed by atoms with Gasteiger partial charge in [-0.05, 0) is 6.42 Å². The Morgan fingerprint density at radius 1 is 1.79 bits per heavy atom. The third-order valence-corrected chi connectivity index (χ3v) is 3.11. The number of fused-ring (bicyclic) bond motifs is 1. The molecule has 0 radical (unpaired) electrons. The number of rotatable bonds is 1. The van der Waals surface area contributed by atoms with Crippen molar-refractivity contribution in [1.82, 2.24) is 4.90 Å². The van der Waals surface area contributed by atoms with Crippen molar-refractivity contribution in [2.75, 3.05) is 20.2 Å². The molecule has 0 saturated carbocycles. The molecule has 0 aromatic carbocycles. The summed E-state index contributed by atoms with van der Waals surface area (Å²) in [4.78, 5) is 13.5. The average molecular weight is 199 g/mol. The summed E-state index contributed by atoms with van der Waals surface area (Å²) in [5.41, 5.74) is 0.243. The molecule has 0 spiro atoms. The van der Waals surface area contributed by atoms with Crippen molar-refractivity contribution in [3.8, 4) is 0 Å². The van der Waals surface area contributed by atoms with E-state index in [1.807, 2.05) is 4.90 Å². The summed E-state index contributed by atoms with van der Waals surface area (Å²) in [6, 6.07) is 0. The molecule has 14 heavy (non-hydrogen) atoms. The van der Waals surface area contributed by atoms with E-state index >= 15 is 0 Å². The predicted molar refractivity (Wildman–Crippen MR) is 49.6 cm³/mol. The van der Waals surface area contributed by atoms with Crippen molar-refractivity contribution < 1.29 is 13.9 Å². The van der Waals surface area contributed by atoms with Gasteiger partial charge in [0.05, 0.1) is 7.11 Å². The van der Waals surface area contributed by atoms with Crippen molar-refractivity contribution in [3.63, 3.8) is 0 Å². The van der Waals surface area contributed by atoms with Crippen LogP contribution in [-0.4, -0.2) is 42.8 Å². The van der Waals surface area contributed by atoms with Crippen molar-refractivity contribution in [1.29, 1.82) is 0 Å². The minimum atomic E-state index is -0.915. The molecule has 3 nitrogen and oxygen atoms in total. The second-order valence-electron chi connectivity index (χ2n) is 4.13. The molecule has 2 saturated heterocycles. The van der Waals surface area contributed by atoms with Crippen molar-refractivity contribution >= 4 is 5.97 Å². The number of hydrogen-bond acceptors (Lipinski definition) is 3. The number of carbonyl (C=O) groups excluding carboxylic acids is 1. The maximum absolute atomic E-state index is 13.2. The minimum Gasteiger partial charge on any atom is -0.468 e. The van der Waals surface area contributed by atoms with Gasteiger partial charge in [-0.25, -0.2) is 4.39 Å². The quantitative estimate of drug-likeness (QED) is 0.464. The van der Waals surface area contributed by atoms with Crippen LogP contribution in [0.3, 0.4) is 0 Å². The van der Waals surface area contributed by atoms with Gasteiger partial charge in [-0.1, -0.05) is 12.2 Å². The smallest absolute Gasteiger partial charge is 0.326 e. The molecule has 2 heterocycles. The molecular formula is C10H14FNO2. The van der Waals surface area contributed by atoms with Crippen LogP contribution in [0.5, 0.6) is 0 Å². The number of methoxy groups -OCH3 is 1. The lowest BCUT2D eigenvalue weighted by molar-refractivity contribution is -0.151. The lowest BCUT2D eigenvalue weighted by Gasteiger charge is -2.27. The van der Waals surface area contributed by atoms with Gasteiger partial charge in [0.15, 0.2) is 0 Å². The van der Waals surface area contributed by atoms with Crippen LogP contribution in [-0.2, 0) is 9.53 Å². The Bertz CT molecular complexity index is 292. The monoisotopic (exact) mass is 199 g/mol. The van der Waals surface area contributed by atoms with E-state index in [2.05, 4.69) is 6.58 Å². The summed E-state index contributed by atoms with van der Waals surface area (Å²) >= 11 is 0. The zero-order valence-corrected chi connectivity index (χ0v) is 8.25. The van der Waals surface area contributed by atoms with Crippen LogP contribution >= 0.6 is 0 Å². The fourth-order valence-corrected chi connectivity index (χ4v) is 2.59. The fourth-order valence-electron chi connectivity index (χ4n) is 2.59. The molecule has 4 heteroatoms. The van der Waals surface area contributed by atoms with E-state index in [9.17, 15) is 9.18 Å². The Morgan fingerprint density at radius 3 is 3.14 bits per heavy atom. The number of carbonyl (C=O) groups is 1. The van der Waals surface area contributed by atoms with Crippen LogP contribution in [0.4, 0.5) is 4.39 Å². The Hall–Kier alpha value is -0.900. The predicted octanol–water partition coefficient (Wildman–Crippen LogP) is 0.902. The molecule has 2 atom stereocenters. The van der Waals surface area contributed by atoms with E-state index in [0.717, 1.165) is 5.57 Å². The van der Waals surface area contributed by atoms with Crippen LogP contribution < -0.4 is 0 Å². The first kappa shape index (κ1) is 9.65. The minimum absolute atomic E-state index is 0.249. The molecule has 0 aromatic rings. The van der Waals surface area contributed by atoms with Crippen LogP contribution in [0.2, 0.25) is 0 Å². The van der Waals surface area contributed by atoms with E-state index in [0.29, 0.717) is 19.5 Å². The van der Waals surface area contributed by atoms with Crippen molar-refractivity contribution in [3.05, 3.63) is 12.2 Å². The highest BCUT2D eigenvalue weighted by atomic mass is 19.1. The Labute approximate surface area is 82.5 Å². The first-order chi connectivity index (χ1) is 6.58. The highest BCUT2D eigenvalue weighted by molar-refractivity contribution is 5.82. The van der Waals surface area contributed by atoms with Gasteiger partial charge in [0.25, 0.3) is 0 Å². The van der Waals surface area contributed by atoms with Crippen molar-refractivity contribution in [2.45, 2.75) is 24.6 Å². The molecule has 2 fully saturated rings. The molecular weight excluding hydrogens is 185 g/mol. The topological polar surface area (TPSA) is 29.5 Å². The zero-order valence-electron chi connectivity index (χ0n) is 8.25. The first-order valence-corrected chi connectivity index (χ1v) is 4.73. The molecule has 2 aliphatic heterocycles. The number of alkyl halides is 1. The molecule has 78 valence electrons. The van der Waals surface area contributed by atoms with Gasteiger partial charge >= 0.3 is 5.97 Å². The van der Waals surface area contributed by atoms with Gasteiger partial charge in [0.1, 0.15) is 11.7 Å². The SMILES string of the molecule is C=C1CN2C[C@H](F)CC2(C(=O)OC)C1. The molecule has 1 unspecified atom stereocenters. The molecule has 0 aliphatic carbocycles. The van der Waals surface area contributed by atoms with Crippen LogP contribution in [0, 0.1) is 0 Å². The molecule has 2 rings (SSSR count). The number of halogens is 1. The van der Waals surface area contributed by atoms with Gasteiger partial charge in [0.2, 0.25) is 0 Å². The normalized spacial score (nSPS) is 37.3. The highest BCUT2D eigenvalue weighted by Crippen LogP contribution is 2.42. The third-order valence-electron chi connectivity index (χ3n) is 3.11. The standard InChI is InChI=1S/C10H14FNO2/c1-7-3-10(9(13)14-2)4-8(11)6-12(10)5-7/h8H,1,3-6H2,2H3/t8-,10?/m1/s1. The second kappa shape index (κ2) is 3.05. The number of ether oxygens (including phenoxy) is 1. The van der Waals surface area contributed by atoms with E-state index < -0.39 is 11.7 Å². The van der Waals surface area contributed by atoms with Crippen LogP contribution in [0.15, 0.2) is 12.2 Å². The summed E-state index contributed by atoms with van der Waals surface area (Å²) in [6.07, 6.45) is -0.124. The van der Waals surface area contributed by atoms with Gasteiger partial charge in [-0.2, -0.15) is 0 Å². The molecule has 0 bridgehead atoms. The molecule has 0 amide bonds. The maximum atomic E-state index is 13.2.